The first-order valence-electron chi connectivity index (χ1n) is 13.9. The Morgan fingerprint density at radius 1 is 0.559 bits per heavy atom. The van der Waals surface area contributed by atoms with E-state index in [1.807, 2.05) is 0 Å². The van der Waals surface area contributed by atoms with E-state index in [9.17, 15) is 0 Å². The Balaban J connectivity index is 4.16. The maximum absolute atomic E-state index is 6.18. The lowest BCUT2D eigenvalue weighted by Crippen LogP contribution is -2.21. The maximum Gasteiger partial charge on any atom is 0.161 e. The fourth-order valence-electron chi connectivity index (χ4n) is 3.30. The van der Waals surface area contributed by atoms with Crippen LogP contribution in [0.5, 0.6) is 0 Å². The van der Waals surface area contributed by atoms with Crippen molar-refractivity contribution in [3.8, 4) is 0 Å². The van der Waals surface area contributed by atoms with Crippen molar-refractivity contribution in [2.45, 2.75) is 104 Å². The summed E-state index contributed by atoms with van der Waals surface area (Å²) in [5.74, 6) is 0. The van der Waals surface area contributed by atoms with Crippen LogP contribution in [-0.4, -0.2) is 82.9 Å². The molecule has 8 heteroatoms. The van der Waals surface area contributed by atoms with Crippen LogP contribution in [0.1, 0.15) is 85.5 Å². The molecule has 0 aliphatic rings. The second-order valence-electron chi connectivity index (χ2n) is 8.67. The lowest BCUT2D eigenvalue weighted by Gasteiger charge is -2.20. The predicted molar refractivity (Wildman–Crippen MR) is 151 cm³/mol. The van der Waals surface area contributed by atoms with Gasteiger partial charge in [-0.05, 0) is 70.2 Å². The summed E-state index contributed by atoms with van der Waals surface area (Å²) >= 11 is 0. The second-order valence-corrected chi connectivity index (χ2v) is 11.5. The molecule has 0 saturated heterocycles. The molecule has 0 aromatic rings. The van der Waals surface area contributed by atoms with E-state index in [1.165, 1.54) is 25.2 Å². The van der Waals surface area contributed by atoms with E-state index in [4.69, 9.17) is 29.4 Å². The molecular formula is C26H57NO5P2. The molecule has 3 atom stereocenters. The van der Waals surface area contributed by atoms with E-state index in [0.717, 1.165) is 107 Å². The van der Waals surface area contributed by atoms with Gasteiger partial charge in [-0.3, -0.25) is 0 Å². The maximum atomic E-state index is 6.18. The van der Waals surface area contributed by atoms with Gasteiger partial charge in [0.05, 0.1) is 6.10 Å². The Morgan fingerprint density at radius 3 is 1.53 bits per heavy atom. The lowest BCUT2D eigenvalue weighted by molar-refractivity contribution is -0.127. The summed E-state index contributed by atoms with van der Waals surface area (Å²) < 4.78 is 29.6. The molecule has 0 aromatic heterocycles. The molecule has 0 bridgehead atoms. The van der Waals surface area contributed by atoms with E-state index in [0.29, 0.717) is 12.6 Å². The minimum absolute atomic E-state index is 0.0157. The number of nitrogens with two attached hydrogens (primary N) is 1. The average molecular weight is 526 g/mol. The number of unbranched alkanes of at least 4 members (excludes halogenated alkanes) is 1. The van der Waals surface area contributed by atoms with Crippen molar-refractivity contribution in [1.82, 2.24) is 0 Å². The normalized spacial score (nSPS) is 13.5. The molecule has 0 saturated carbocycles. The van der Waals surface area contributed by atoms with Gasteiger partial charge in [-0.15, -0.1) is 17.2 Å². The molecule has 0 rings (SSSR count). The molecule has 3 unspecified atom stereocenters. The van der Waals surface area contributed by atoms with Crippen molar-refractivity contribution < 1.29 is 23.7 Å². The summed E-state index contributed by atoms with van der Waals surface area (Å²) in [6.45, 7) is 13.2. The van der Waals surface area contributed by atoms with E-state index in [2.05, 4.69) is 27.7 Å². The van der Waals surface area contributed by atoms with Crippen molar-refractivity contribution in [3.63, 3.8) is 0 Å². The monoisotopic (exact) mass is 525 g/mol. The van der Waals surface area contributed by atoms with Gasteiger partial charge in [0, 0.05) is 45.4 Å². The van der Waals surface area contributed by atoms with Crippen molar-refractivity contribution >= 4 is 17.2 Å². The van der Waals surface area contributed by atoms with Crippen LogP contribution in [0.15, 0.2) is 0 Å². The molecule has 34 heavy (non-hydrogen) atoms. The number of hydrogen-bond donors (Lipinski definition) is 1. The molecule has 0 aromatic carbocycles. The van der Waals surface area contributed by atoms with Gasteiger partial charge in [0.15, 0.2) is 12.6 Å². The first-order chi connectivity index (χ1) is 16.7. The Hall–Kier alpha value is 0.620. The Labute approximate surface area is 215 Å². The molecule has 206 valence electrons. The van der Waals surface area contributed by atoms with Crippen molar-refractivity contribution in [3.05, 3.63) is 0 Å². The topological polar surface area (TPSA) is 72.2 Å². The van der Waals surface area contributed by atoms with Crippen LogP contribution in [0.3, 0.4) is 0 Å². The van der Waals surface area contributed by atoms with Gasteiger partial charge in [-0.2, -0.15) is 0 Å². The SMILES string of the molecule is CCCOC(CPCCCCC(CCPCC(OCCC)OCCC)OCCCN)OCCC. The summed E-state index contributed by atoms with van der Waals surface area (Å²) in [7, 11) is 1.76. The molecule has 0 fully saturated rings. The molecule has 2 N–H and O–H groups in total. The van der Waals surface area contributed by atoms with Gasteiger partial charge in [0.25, 0.3) is 0 Å². The summed E-state index contributed by atoms with van der Waals surface area (Å²) in [5, 5.41) is 0. The highest BCUT2D eigenvalue weighted by Gasteiger charge is 2.13. The number of ether oxygens (including phenoxy) is 5. The first-order valence-corrected chi connectivity index (χ1v) is 16.7. The largest absolute Gasteiger partial charge is 0.378 e. The molecule has 0 aliphatic carbocycles. The van der Waals surface area contributed by atoms with Crippen LogP contribution in [0.4, 0.5) is 0 Å². The van der Waals surface area contributed by atoms with Crippen molar-refractivity contribution in [2.24, 2.45) is 5.73 Å². The standard InChI is InChI=1S/C26H57NO5P2/c1-5-15-29-25(30-16-6-2)22-33-20-10-9-12-24(28-19-11-14-27)13-21-34-23-26(31-17-7-3)32-18-8-4/h24-26,33-34H,5-23,27H2,1-4H3. The molecule has 0 heterocycles. The third-order valence-corrected chi connectivity index (χ3v) is 7.72. The van der Waals surface area contributed by atoms with E-state index >= 15 is 0 Å². The zero-order chi connectivity index (χ0) is 25.1. The highest BCUT2D eigenvalue weighted by molar-refractivity contribution is 7.38. The van der Waals surface area contributed by atoms with Gasteiger partial charge < -0.3 is 29.4 Å². The minimum atomic E-state index is -0.0396. The smallest absolute Gasteiger partial charge is 0.161 e. The Morgan fingerprint density at radius 2 is 1.06 bits per heavy atom. The van der Waals surface area contributed by atoms with E-state index < -0.39 is 0 Å². The predicted octanol–water partition coefficient (Wildman–Crippen LogP) is 6.00. The Kier molecular flexibility index (Phi) is 28.7. The number of rotatable bonds is 28. The second kappa shape index (κ2) is 28.2. The van der Waals surface area contributed by atoms with Crippen molar-refractivity contribution in [1.29, 1.82) is 0 Å². The van der Waals surface area contributed by atoms with Gasteiger partial charge >= 0.3 is 0 Å². The zero-order valence-corrected chi connectivity index (χ0v) is 24.8. The zero-order valence-electron chi connectivity index (χ0n) is 22.8. The Bertz CT molecular complexity index is 380. The summed E-state index contributed by atoms with van der Waals surface area (Å²) in [4.78, 5) is 0. The fraction of sp³-hybridized carbons (Fsp3) is 1.00. The van der Waals surface area contributed by atoms with Crippen LogP contribution < -0.4 is 5.73 Å². The summed E-state index contributed by atoms with van der Waals surface area (Å²) in [6.07, 6.45) is 14.6. The quantitative estimate of drug-likeness (QED) is 0.0768. The molecule has 0 radical (unpaired) electrons. The van der Waals surface area contributed by atoms with Crippen LogP contribution >= 0.6 is 17.2 Å². The van der Waals surface area contributed by atoms with Crippen LogP contribution in [0.25, 0.3) is 0 Å². The van der Waals surface area contributed by atoms with E-state index in [-0.39, 0.29) is 12.6 Å². The lowest BCUT2D eigenvalue weighted by atomic mass is 10.1. The van der Waals surface area contributed by atoms with Crippen LogP contribution in [0.2, 0.25) is 0 Å². The van der Waals surface area contributed by atoms with Gasteiger partial charge in [0.2, 0.25) is 0 Å². The summed E-state index contributed by atoms with van der Waals surface area (Å²) in [5.41, 5.74) is 5.66. The van der Waals surface area contributed by atoms with Gasteiger partial charge in [0.1, 0.15) is 0 Å². The molecule has 0 aliphatic heterocycles. The number of hydrogen-bond acceptors (Lipinski definition) is 6. The third kappa shape index (κ3) is 23.0. The van der Waals surface area contributed by atoms with Crippen LogP contribution in [0, 0.1) is 0 Å². The minimum Gasteiger partial charge on any atom is -0.378 e. The van der Waals surface area contributed by atoms with Gasteiger partial charge in [-0.1, -0.05) is 34.1 Å². The molecule has 0 spiro atoms. The average Bonchev–Trinajstić information content (AvgIpc) is 2.85. The highest BCUT2D eigenvalue weighted by atomic mass is 31.1. The third-order valence-electron chi connectivity index (χ3n) is 5.13. The molecule has 0 amide bonds. The first kappa shape index (κ1) is 34.6. The highest BCUT2D eigenvalue weighted by Crippen LogP contribution is 2.22. The van der Waals surface area contributed by atoms with E-state index in [1.54, 1.807) is 0 Å². The summed E-state index contributed by atoms with van der Waals surface area (Å²) in [6, 6.07) is 0. The molecular weight excluding hydrogens is 468 g/mol. The van der Waals surface area contributed by atoms with Gasteiger partial charge in [-0.25, -0.2) is 0 Å². The fourth-order valence-corrected chi connectivity index (χ4v) is 5.68. The molecule has 6 nitrogen and oxygen atoms in total. The van der Waals surface area contributed by atoms with Crippen molar-refractivity contribution in [2.75, 3.05) is 64.2 Å². The van der Waals surface area contributed by atoms with Crippen LogP contribution in [-0.2, 0) is 23.7 Å².